The third kappa shape index (κ3) is 5.20. The van der Waals surface area contributed by atoms with Crippen LogP contribution in [-0.4, -0.2) is 18.3 Å². The second-order valence-electron chi connectivity index (χ2n) is 7.08. The van der Waals surface area contributed by atoms with Gasteiger partial charge in [-0.3, -0.25) is 9.69 Å². The highest BCUT2D eigenvalue weighted by molar-refractivity contribution is 9.10. The summed E-state index contributed by atoms with van der Waals surface area (Å²) in [6.45, 7) is 2.74. The summed E-state index contributed by atoms with van der Waals surface area (Å²) < 4.78 is 12.9. The van der Waals surface area contributed by atoms with E-state index in [1.165, 1.54) is 0 Å². The van der Waals surface area contributed by atoms with Crippen LogP contribution in [0.5, 0.6) is 11.5 Å². The normalized spacial score (nSPS) is 15.8. The van der Waals surface area contributed by atoms with Crippen molar-refractivity contribution in [1.82, 2.24) is 0 Å². The number of carbonyl (C=O) groups excluding carboxylic acids is 1. The predicted octanol–water partition coefficient (Wildman–Crippen LogP) is 7.51. The molecule has 0 N–H and O–H groups in total. The van der Waals surface area contributed by atoms with E-state index < -0.39 is 0 Å². The van der Waals surface area contributed by atoms with Crippen molar-refractivity contribution in [2.45, 2.75) is 18.9 Å². The zero-order valence-electron chi connectivity index (χ0n) is 17.2. The number of thioether (sulfide) groups is 1. The van der Waals surface area contributed by atoms with Crippen LogP contribution in [0.1, 0.15) is 23.4 Å². The van der Waals surface area contributed by atoms with E-state index in [0.717, 1.165) is 21.3 Å². The molecule has 0 unspecified atom stereocenters. The fraction of sp³-hybridized carbons (Fsp3) is 0.208. The Bertz CT molecular complexity index is 1110. The molecular formula is C24H20BrCl2NO3S. The molecule has 8 heteroatoms. The van der Waals surface area contributed by atoms with Crippen molar-refractivity contribution < 1.29 is 14.3 Å². The summed E-state index contributed by atoms with van der Waals surface area (Å²) >= 11 is 17.7. The van der Waals surface area contributed by atoms with E-state index >= 15 is 0 Å². The van der Waals surface area contributed by atoms with Gasteiger partial charge in [0.25, 0.3) is 0 Å². The van der Waals surface area contributed by atoms with Crippen LogP contribution in [0.3, 0.4) is 0 Å². The molecule has 1 heterocycles. The zero-order valence-corrected chi connectivity index (χ0v) is 21.1. The van der Waals surface area contributed by atoms with Crippen LogP contribution in [0.2, 0.25) is 10.0 Å². The third-order valence-corrected chi connectivity index (χ3v) is 7.16. The molecule has 0 spiro atoms. The molecule has 4 rings (SSSR count). The fourth-order valence-corrected chi connectivity index (χ4v) is 5.24. The molecule has 1 aliphatic heterocycles. The minimum atomic E-state index is -0.221. The molecule has 0 saturated carbocycles. The van der Waals surface area contributed by atoms with Crippen LogP contribution in [0.4, 0.5) is 5.69 Å². The van der Waals surface area contributed by atoms with E-state index in [9.17, 15) is 4.79 Å². The highest BCUT2D eigenvalue weighted by Gasteiger charge is 2.35. The molecule has 1 amide bonds. The number of hydrogen-bond acceptors (Lipinski definition) is 4. The second kappa shape index (κ2) is 10.4. The number of carbonyl (C=O) groups is 1. The van der Waals surface area contributed by atoms with Crippen molar-refractivity contribution in [3.63, 3.8) is 0 Å². The largest absolute Gasteiger partial charge is 0.490 e. The van der Waals surface area contributed by atoms with Gasteiger partial charge in [-0.15, -0.1) is 11.8 Å². The topological polar surface area (TPSA) is 38.8 Å². The summed E-state index contributed by atoms with van der Waals surface area (Å²) in [6.07, 6.45) is 0. The maximum Gasteiger partial charge on any atom is 0.238 e. The molecule has 0 aliphatic carbocycles. The van der Waals surface area contributed by atoms with Crippen LogP contribution in [0.25, 0.3) is 0 Å². The maximum absolute atomic E-state index is 12.7. The third-order valence-electron chi connectivity index (χ3n) is 4.89. The Kier molecular flexibility index (Phi) is 7.56. The van der Waals surface area contributed by atoms with E-state index in [1.807, 2.05) is 55.5 Å². The Labute approximate surface area is 209 Å². The lowest BCUT2D eigenvalue weighted by atomic mass is 10.1. The van der Waals surface area contributed by atoms with Crippen LogP contribution in [0.15, 0.2) is 65.1 Å². The van der Waals surface area contributed by atoms with Gasteiger partial charge in [0.1, 0.15) is 12.0 Å². The Morgan fingerprint density at radius 2 is 1.78 bits per heavy atom. The Hall–Kier alpha value is -1.86. The number of benzene rings is 3. The number of anilines is 1. The van der Waals surface area contributed by atoms with Crippen molar-refractivity contribution in [2.75, 3.05) is 17.3 Å². The van der Waals surface area contributed by atoms with Gasteiger partial charge < -0.3 is 9.47 Å². The standard InChI is InChI=1S/C24H20BrCl2NO3S/c1-2-30-21-12-16(11-20(27)23(21)31-13-15-3-5-17(25)6-4-15)24-28(22(29)14-32-24)19-9-7-18(26)8-10-19/h3-12,24H,2,13-14H2,1H3/t24-/m0/s1. The zero-order chi connectivity index (χ0) is 22.7. The number of rotatable bonds is 7. The lowest BCUT2D eigenvalue weighted by Gasteiger charge is -2.25. The monoisotopic (exact) mass is 551 g/mol. The van der Waals surface area contributed by atoms with E-state index in [0.29, 0.717) is 40.5 Å². The number of halogens is 3. The Morgan fingerprint density at radius 3 is 2.47 bits per heavy atom. The van der Waals surface area contributed by atoms with Crippen LogP contribution < -0.4 is 14.4 Å². The highest BCUT2D eigenvalue weighted by Crippen LogP contribution is 2.46. The highest BCUT2D eigenvalue weighted by atomic mass is 79.9. The first-order valence-corrected chi connectivity index (χ1v) is 12.6. The summed E-state index contributed by atoms with van der Waals surface area (Å²) in [4.78, 5) is 14.4. The molecule has 1 aliphatic rings. The lowest BCUT2D eigenvalue weighted by molar-refractivity contribution is -0.115. The number of ether oxygens (including phenoxy) is 2. The molecule has 0 radical (unpaired) electrons. The predicted molar refractivity (Wildman–Crippen MR) is 135 cm³/mol. The second-order valence-corrected chi connectivity index (χ2v) is 9.91. The van der Waals surface area contributed by atoms with Gasteiger partial charge in [-0.05, 0) is 66.6 Å². The van der Waals surface area contributed by atoms with Gasteiger partial charge in [-0.1, -0.05) is 51.3 Å². The number of hydrogen-bond donors (Lipinski definition) is 0. The molecule has 166 valence electrons. The molecule has 1 atom stereocenters. The minimum absolute atomic E-state index is 0.0342. The molecule has 3 aromatic rings. The Balaban J connectivity index is 1.63. The van der Waals surface area contributed by atoms with Crippen molar-refractivity contribution in [1.29, 1.82) is 0 Å². The molecule has 1 saturated heterocycles. The lowest BCUT2D eigenvalue weighted by Crippen LogP contribution is -2.27. The first-order chi connectivity index (χ1) is 15.5. The van der Waals surface area contributed by atoms with Crippen molar-refractivity contribution in [3.05, 3.63) is 86.3 Å². The number of nitrogens with zero attached hydrogens (tertiary/aromatic N) is 1. The molecule has 1 fully saturated rings. The van der Waals surface area contributed by atoms with Gasteiger partial charge in [0, 0.05) is 15.2 Å². The van der Waals surface area contributed by atoms with Crippen molar-refractivity contribution >= 4 is 62.5 Å². The van der Waals surface area contributed by atoms with Gasteiger partial charge in [-0.2, -0.15) is 0 Å². The quantitative estimate of drug-likeness (QED) is 0.304. The van der Waals surface area contributed by atoms with Crippen LogP contribution in [0, 0.1) is 0 Å². The molecule has 32 heavy (non-hydrogen) atoms. The summed E-state index contributed by atoms with van der Waals surface area (Å²) in [7, 11) is 0. The van der Waals surface area contributed by atoms with E-state index in [4.69, 9.17) is 32.7 Å². The Morgan fingerprint density at radius 1 is 1.06 bits per heavy atom. The molecule has 4 nitrogen and oxygen atoms in total. The SMILES string of the molecule is CCOc1cc([C@@H]2SCC(=O)N2c2ccc(Cl)cc2)cc(Cl)c1OCc1ccc(Br)cc1. The average molecular weight is 553 g/mol. The molecule has 3 aromatic carbocycles. The van der Waals surface area contributed by atoms with Gasteiger partial charge >= 0.3 is 0 Å². The van der Waals surface area contributed by atoms with E-state index in [-0.39, 0.29) is 11.3 Å². The van der Waals surface area contributed by atoms with Gasteiger partial charge in [-0.25, -0.2) is 0 Å². The molecule has 0 aromatic heterocycles. The number of amides is 1. The van der Waals surface area contributed by atoms with Crippen molar-refractivity contribution in [3.8, 4) is 11.5 Å². The van der Waals surface area contributed by atoms with Gasteiger partial charge in [0.05, 0.1) is 17.4 Å². The van der Waals surface area contributed by atoms with Crippen LogP contribution in [-0.2, 0) is 11.4 Å². The van der Waals surface area contributed by atoms with E-state index in [1.54, 1.807) is 28.8 Å². The summed E-state index contributed by atoms with van der Waals surface area (Å²) in [6, 6.07) is 18.9. The van der Waals surface area contributed by atoms with E-state index in [2.05, 4.69) is 15.9 Å². The smallest absolute Gasteiger partial charge is 0.238 e. The summed E-state index contributed by atoms with van der Waals surface area (Å²) in [5.41, 5.74) is 2.68. The maximum atomic E-state index is 12.7. The molecular weight excluding hydrogens is 533 g/mol. The van der Waals surface area contributed by atoms with Crippen LogP contribution >= 0.6 is 50.9 Å². The van der Waals surface area contributed by atoms with Gasteiger partial charge in [0.2, 0.25) is 5.91 Å². The minimum Gasteiger partial charge on any atom is -0.490 e. The average Bonchev–Trinajstić information content (AvgIpc) is 3.16. The summed E-state index contributed by atoms with van der Waals surface area (Å²) in [5.74, 6) is 1.47. The first-order valence-electron chi connectivity index (χ1n) is 9.99. The fourth-order valence-electron chi connectivity index (χ4n) is 3.42. The first kappa shape index (κ1) is 23.3. The summed E-state index contributed by atoms with van der Waals surface area (Å²) in [5, 5.41) is 0.846. The molecule has 0 bridgehead atoms. The van der Waals surface area contributed by atoms with Gasteiger partial charge in [0.15, 0.2) is 11.5 Å². The van der Waals surface area contributed by atoms with Crippen molar-refractivity contribution in [2.24, 2.45) is 0 Å².